The van der Waals surface area contributed by atoms with Crippen molar-refractivity contribution in [2.75, 3.05) is 7.11 Å². The molecule has 1 unspecified atom stereocenters. The Morgan fingerprint density at radius 3 is 2.56 bits per heavy atom. The number of fused-ring (bicyclic) bond motifs is 4. The average molecular weight is 479 g/mol. The predicted molar refractivity (Wildman–Crippen MR) is 136 cm³/mol. The van der Waals surface area contributed by atoms with Crippen LogP contribution in [0.2, 0.25) is 0 Å². The number of ether oxygens (including phenoxy) is 2. The number of rotatable bonds is 3. The fraction of sp³-hybridized carbons (Fsp3) is 0.138. The molecular formula is C29H21NO6. The van der Waals surface area contributed by atoms with Crippen LogP contribution in [-0.4, -0.2) is 18.1 Å². The van der Waals surface area contributed by atoms with E-state index in [1.54, 1.807) is 31.4 Å². The number of pyridine rings is 1. The number of aromatic amines is 1. The third kappa shape index (κ3) is 3.48. The molecule has 0 saturated carbocycles. The van der Waals surface area contributed by atoms with Crippen LogP contribution in [0.25, 0.3) is 33.0 Å². The number of H-pyrrole nitrogens is 1. The molecule has 0 spiro atoms. The van der Waals surface area contributed by atoms with Crippen molar-refractivity contribution in [1.29, 1.82) is 0 Å². The second-order valence-electron chi connectivity index (χ2n) is 8.89. The van der Waals surface area contributed by atoms with Gasteiger partial charge in [0.1, 0.15) is 17.1 Å². The van der Waals surface area contributed by atoms with Crippen molar-refractivity contribution < 1.29 is 18.7 Å². The molecule has 1 aliphatic heterocycles. The van der Waals surface area contributed by atoms with Crippen molar-refractivity contribution in [3.8, 4) is 22.6 Å². The second kappa shape index (κ2) is 8.23. The summed E-state index contributed by atoms with van der Waals surface area (Å²) in [7, 11) is 1.58. The lowest BCUT2D eigenvalue weighted by atomic mass is 9.82. The monoisotopic (exact) mass is 479 g/mol. The molecule has 6 rings (SSSR count). The number of carbonyl (C=O) groups is 1. The first-order valence-corrected chi connectivity index (χ1v) is 11.5. The molecule has 0 amide bonds. The van der Waals surface area contributed by atoms with Crippen molar-refractivity contribution in [2.24, 2.45) is 0 Å². The molecular weight excluding hydrogens is 458 g/mol. The number of aryl methyl sites for hydroxylation is 1. The Labute approximate surface area is 204 Å². The van der Waals surface area contributed by atoms with Crippen molar-refractivity contribution >= 4 is 27.8 Å². The highest BCUT2D eigenvalue weighted by Crippen LogP contribution is 2.46. The van der Waals surface area contributed by atoms with Crippen LogP contribution in [0.15, 0.2) is 80.7 Å². The molecule has 3 aromatic carbocycles. The molecule has 7 heteroatoms. The molecule has 3 heterocycles. The van der Waals surface area contributed by atoms with Crippen LogP contribution in [0.3, 0.4) is 0 Å². The molecule has 2 aromatic heterocycles. The quantitative estimate of drug-likeness (QED) is 0.221. The number of aromatic nitrogens is 1. The minimum atomic E-state index is -0.541. The zero-order chi connectivity index (χ0) is 25.0. The first-order valence-electron chi connectivity index (χ1n) is 11.5. The molecule has 1 N–H and O–H groups in total. The summed E-state index contributed by atoms with van der Waals surface area (Å²) < 4.78 is 16.7. The van der Waals surface area contributed by atoms with E-state index in [1.807, 2.05) is 43.3 Å². The van der Waals surface area contributed by atoms with Crippen LogP contribution < -0.4 is 20.7 Å². The maximum absolute atomic E-state index is 13.2. The Hall–Kier alpha value is -4.65. The van der Waals surface area contributed by atoms with Crippen molar-refractivity contribution in [1.82, 2.24) is 4.98 Å². The normalized spacial score (nSPS) is 15.1. The van der Waals surface area contributed by atoms with Crippen molar-refractivity contribution in [3.05, 3.63) is 104 Å². The Morgan fingerprint density at radius 1 is 0.972 bits per heavy atom. The Kier molecular flexibility index (Phi) is 5.00. The van der Waals surface area contributed by atoms with Gasteiger partial charge < -0.3 is 18.9 Å². The molecule has 1 aliphatic rings. The molecule has 5 aromatic rings. The standard InChI is InChI=1S/C29H21NO6/c1-15-10-23-27(19(13-24(31)35-23)16-6-4-3-5-7-16)28-26(15)20(14-25(32)36-28)21-12-17-11-18(34-2)8-9-22(17)30-29(21)33/h3-13,20H,14H2,1-2H3,(H,30,33). The summed E-state index contributed by atoms with van der Waals surface area (Å²) >= 11 is 0. The van der Waals surface area contributed by atoms with Gasteiger partial charge in [-0.3, -0.25) is 9.59 Å². The van der Waals surface area contributed by atoms with Gasteiger partial charge in [-0.05, 0) is 48.4 Å². The van der Waals surface area contributed by atoms with Gasteiger partial charge in [0.15, 0.2) is 0 Å². The van der Waals surface area contributed by atoms with E-state index in [-0.39, 0.29) is 12.0 Å². The van der Waals surface area contributed by atoms with Crippen LogP contribution in [-0.2, 0) is 4.79 Å². The number of hydrogen-bond acceptors (Lipinski definition) is 6. The summed E-state index contributed by atoms with van der Waals surface area (Å²) in [6, 6.07) is 19.8. The fourth-order valence-corrected chi connectivity index (χ4v) is 5.10. The van der Waals surface area contributed by atoms with Gasteiger partial charge in [-0.1, -0.05) is 30.3 Å². The van der Waals surface area contributed by atoms with Gasteiger partial charge in [-0.2, -0.15) is 0 Å². The van der Waals surface area contributed by atoms with Gasteiger partial charge in [0.05, 0.1) is 18.9 Å². The Bertz CT molecular complexity index is 1800. The van der Waals surface area contributed by atoms with Crippen LogP contribution in [0.4, 0.5) is 0 Å². The molecule has 0 radical (unpaired) electrons. The summed E-state index contributed by atoms with van der Waals surface area (Å²) in [4.78, 5) is 41.4. The zero-order valence-corrected chi connectivity index (χ0v) is 19.6. The largest absolute Gasteiger partial charge is 0.497 e. The van der Waals surface area contributed by atoms with E-state index >= 15 is 0 Å². The lowest BCUT2D eigenvalue weighted by molar-refractivity contribution is -0.135. The number of methoxy groups -OCH3 is 1. The number of hydrogen-bond donors (Lipinski definition) is 1. The minimum absolute atomic E-state index is 0.00928. The second-order valence-corrected chi connectivity index (χ2v) is 8.89. The SMILES string of the molecule is COc1ccc2[nH]c(=O)c(C3CC(=O)Oc4c3c(C)cc3oc(=O)cc(-c5ccccc5)c43)cc2c1. The maximum Gasteiger partial charge on any atom is 0.336 e. The lowest BCUT2D eigenvalue weighted by Crippen LogP contribution is -2.26. The summed E-state index contributed by atoms with van der Waals surface area (Å²) in [5.41, 5.74) is 3.54. The number of benzene rings is 3. The van der Waals surface area contributed by atoms with E-state index in [1.165, 1.54) is 6.07 Å². The summed E-state index contributed by atoms with van der Waals surface area (Å²) in [5, 5.41) is 1.32. The lowest BCUT2D eigenvalue weighted by Gasteiger charge is -2.28. The number of carbonyl (C=O) groups excluding carboxylic acids is 1. The molecule has 1 atom stereocenters. The van der Waals surface area contributed by atoms with Crippen LogP contribution >= 0.6 is 0 Å². The van der Waals surface area contributed by atoms with E-state index in [4.69, 9.17) is 13.9 Å². The van der Waals surface area contributed by atoms with E-state index in [0.717, 1.165) is 22.1 Å². The first-order chi connectivity index (χ1) is 17.4. The smallest absolute Gasteiger partial charge is 0.336 e. The maximum atomic E-state index is 13.2. The Morgan fingerprint density at radius 2 is 1.78 bits per heavy atom. The van der Waals surface area contributed by atoms with Gasteiger partial charge in [0, 0.05) is 39.6 Å². The number of esters is 1. The topological polar surface area (TPSA) is 98.6 Å². The summed E-state index contributed by atoms with van der Waals surface area (Å²) in [5.74, 6) is -0.0250. The Balaban J connectivity index is 1.66. The molecule has 0 saturated heterocycles. The van der Waals surface area contributed by atoms with E-state index < -0.39 is 17.5 Å². The van der Waals surface area contributed by atoms with Gasteiger partial charge >= 0.3 is 11.6 Å². The van der Waals surface area contributed by atoms with E-state index in [0.29, 0.717) is 39.1 Å². The highest BCUT2D eigenvalue weighted by Gasteiger charge is 2.34. The fourth-order valence-electron chi connectivity index (χ4n) is 5.10. The van der Waals surface area contributed by atoms with Gasteiger partial charge in [0.25, 0.3) is 5.56 Å². The molecule has 0 aliphatic carbocycles. The van der Waals surface area contributed by atoms with Gasteiger partial charge in [-0.25, -0.2) is 4.79 Å². The van der Waals surface area contributed by atoms with E-state index in [9.17, 15) is 14.4 Å². The third-order valence-electron chi connectivity index (χ3n) is 6.71. The number of nitrogens with one attached hydrogen (secondary N) is 1. The molecule has 178 valence electrons. The van der Waals surface area contributed by atoms with Crippen LogP contribution in [0, 0.1) is 6.92 Å². The van der Waals surface area contributed by atoms with Gasteiger partial charge in [-0.15, -0.1) is 0 Å². The van der Waals surface area contributed by atoms with E-state index in [2.05, 4.69) is 4.98 Å². The summed E-state index contributed by atoms with van der Waals surface area (Å²) in [6.45, 7) is 1.86. The van der Waals surface area contributed by atoms with Crippen molar-refractivity contribution in [3.63, 3.8) is 0 Å². The highest BCUT2D eigenvalue weighted by molar-refractivity contribution is 6.01. The average Bonchev–Trinajstić information content (AvgIpc) is 2.87. The highest BCUT2D eigenvalue weighted by atomic mass is 16.5. The first kappa shape index (κ1) is 21.9. The zero-order valence-electron chi connectivity index (χ0n) is 19.6. The van der Waals surface area contributed by atoms with Crippen LogP contribution in [0.5, 0.6) is 11.5 Å². The predicted octanol–water partition coefficient (Wildman–Crippen LogP) is 5.06. The van der Waals surface area contributed by atoms with Crippen molar-refractivity contribution in [2.45, 2.75) is 19.3 Å². The molecule has 36 heavy (non-hydrogen) atoms. The summed E-state index contributed by atoms with van der Waals surface area (Å²) in [6.07, 6.45) is 0.00928. The molecule has 7 nitrogen and oxygen atoms in total. The van der Waals surface area contributed by atoms with Gasteiger partial charge in [0.2, 0.25) is 0 Å². The molecule has 0 fully saturated rings. The molecule has 0 bridgehead atoms. The third-order valence-corrected chi connectivity index (χ3v) is 6.71. The van der Waals surface area contributed by atoms with Crippen LogP contribution in [0.1, 0.15) is 29.0 Å². The minimum Gasteiger partial charge on any atom is -0.497 e.